The number of para-hydroxylation sites is 1. The maximum absolute atomic E-state index is 13.0. The van der Waals surface area contributed by atoms with Gasteiger partial charge in [0, 0.05) is 23.7 Å². The van der Waals surface area contributed by atoms with E-state index in [4.69, 9.17) is 4.74 Å². The number of nitrogens with one attached hydrogen (secondary N) is 3. The number of fused-ring (bicyclic) bond motifs is 1. The Kier molecular flexibility index (Phi) is 7.63. The van der Waals surface area contributed by atoms with Crippen molar-refractivity contribution in [3.63, 3.8) is 0 Å². The number of nitriles is 1. The molecule has 2 aliphatic rings. The lowest BCUT2D eigenvalue weighted by atomic mass is 10.1. The van der Waals surface area contributed by atoms with E-state index < -0.39 is 6.04 Å². The van der Waals surface area contributed by atoms with Crippen molar-refractivity contribution in [3.05, 3.63) is 45.8 Å². The van der Waals surface area contributed by atoms with Crippen molar-refractivity contribution in [2.45, 2.75) is 64.0 Å². The Labute approximate surface area is 198 Å². The number of ether oxygens (including phenoxy) is 1. The number of hydrogen-bond donors (Lipinski definition) is 3. The van der Waals surface area contributed by atoms with E-state index in [-0.39, 0.29) is 17.9 Å². The maximum Gasteiger partial charge on any atom is 0.253 e. The lowest BCUT2D eigenvalue weighted by Crippen LogP contribution is -2.34. The average molecular weight is 467 g/mol. The molecule has 1 aromatic carbocycles. The van der Waals surface area contributed by atoms with Gasteiger partial charge in [0.15, 0.2) is 0 Å². The lowest BCUT2D eigenvalue weighted by Gasteiger charge is -2.18. The third-order valence-electron chi connectivity index (χ3n) is 6.22. The third-order valence-corrected chi connectivity index (χ3v) is 7.43. The molecule has 0 bridgehead atoms. The largest absolute Gasteiger partial charge is 0.376 e. The first-order chi connectivity index (χ1) is 16.1. The van der Waals surface area contributed by atoms with E-state index in [1.54, 1.807) is 25.1 Å². The fourth-order valence-electron chi connectivity index (χ4n) is 4.38. The van der Waals surface area contributed by atoms with Crippen LogP contribution in [0.15, 0.2) is 24.3 Å². The molecular weight excluding hydrogens is 436 g/mol. The minimum absolute atomic E-state index is 0.0639. The van der Waals surface area contributed by atoms with Crippen LogP contribution in [0.4, 0.5) is 10.7 Å². The first-order valence-electron chi connectivity index (χ1n) is 11.7. The number of benzene rings is 1. The molecule has 0 unspecified atom stereocenters. The molecule has 33 heavy (non-hydrogen) atoms. The molecule has 2 heterocycles. The van der Waals surface area contributed by atoms with Crippen LogP contribution in [-0.4, -0.2) is 37.1 Å². The molecule has 1 fully saturated rings. The summed E-state index contributed by atoms with van der Waals surface area (Å²) in [6.07, 6.45) is 7.27. The lowest BCUT2D eigenvalue weighted by molar-refractivity contribution is -0.116. The standard InChI is InChI=1S/C25H30N4O3S/c1-16(23(30)29-25-20(14-26)18-9-3-2-4-12-22(18)33-25)28-21-11-6-5-10-19(21)24(31)27-15-17-8-7-13-32-17/h5-6,10-11,16-17,28H,2-4,7-9,12-13,15H2,1H3,(H,27,31)(H,29,30)/t16-,17-/m0/s1. The molecule has 1 saturated heterocycles. The van der Waals surface area contributed by atoms with E-state index in [2.05, 4.69) is 22.0 Å². The van der Waals surface area contributed by atoms with Crippen molar-refractivity contribution < 1.29 is 14.3 Å². The van der Waals surface area contributed by atoms with Crippen molar-refractivity contribution >= 4 is 33.8 Å². The summed E-state index contributed by atoms with van der Waals surface area (Å²) >= 11 is 1.52. The number of carbonyl (C=O) groups excluding carboxylic acids is 2. The Morgan fingerprint density at radius 3 is 2.82 bits per heavy atom. The highest BCUT2D eigenvalue weighted by atomic mass is 32.1. The summed E-state index contributed by atoms with van der Waals surface area (Å²) in [6.45, 7) is 2.97. The molecule has 2 atom stereocenters. The van der Waals surface area contributed by atoms with Crippen LogP contribution in [0.3, 0.4) is 0 Å². The monoisotopic (exact) mass is 466 g/mol. The minimum atomic E-state index is -0.592. The van der Waals surface area contributed by atoms with Gasteiger partial charge >= 0.3 is 0 Å². The summed E-state index contributed by atoms with van der Waals surface area (Å²) < 4.78 is 5.57. The number of aryl methyl sites for hydroxylation is 1. The molecule has 4 rings (SSSR count). The highest BCUT2D eigenvalue weighted by Gasteiger charge is 2.24. The molecule has 1 aromatic heterocycles. The molecule has 2 amide bonds. The summed E-state index contributed by atoms with van der Waals surface area (Å²) in [5.41, 5.74) is 2.78. The Morgan fingerprint density at radius 2 is 2.03 bits per heavy atom. The summed E-state index contributed by atoms with van der Waals surface area (Å²) in [7, 11) is 0. The zero-order chi connectivity index (χ0) is 23.2. The van der Waals surface area contributed by atoms with Crippen LogP contribution >= 0.6 is 11.3 Å². The molecule has 0 spiro atoms. The number of thiophene rings is 1. The number of carbonyl (C=O) groups is 2. The fraction of sp³-hybridized carbons (Fsp3) is 0.480. The van der Waals surface area contributed by atoms with Crippen LogP contribution < -0.4 is 16.0 Å². The van der Waals surface area contributed by atoms with Gasteiger partial charge in [0.1, 0.15) is 17.1 Å². The van der Waals surface area contributed by atoms with Gasteiger partial charge in [0.05, 0.1) is 17.2 Å². The maximum atomic E-state index is 13.0. The molecule has 8 heteroatoms. The molecule has 1 aliphatic heterocycles. The van der Waals surface area contributed by atoms with Crippen molar-refractivity contribution in [1.82, 2.24) is 5.32 Å². The number of nitrogens with zero attached hydrogens (tertiary/aromatic N) is 1. The minimum Gasteiger partial charge on any atom is -0.376 e. The highest BCUT2D eigenvalue weighted by molar-refractivity contribution is 7.16. The summed E-state index contributed by atoms with van der Waals surface area (Å²) in [5, 5.41) is 19.4. The summed E-state index contributed by atoms with van der Waals surface area (Å²) in [5.74, 6) is -0.438. The predicted octanol–water partition coefficient (Wildman–Crippen LogP) is 4.24. The molecule has 2 aromatic rings. The smallest absolute Gasteiger partial charge is 0.253 e. The predicted molar refractivity (Wildman–Crippen MR) is 130 cm³/mol. The van der Waals surface area contributed by atoms with E-state index in [0.717, 1.165) is 50.7 Å². The molecule has 7 nitrogen and oxygen atoms in total. The average Bonchev–Trinajstić information content (AvgIpc) is 3.39. The van der Waals surface area contributed by atoms with Crippen LogP contribution in [0.2, 0.25) is 0 Å². The fourth-order valence-corrected chi connectivity index (χ4v) is 5.62. The zero-order valence-electron chi connectivity index (χ0n) is 18.9. The Balaban J connectivity index is 1.41. The van der Waals surface area contributed by atoms with Gasteiger partial charge in [0.2, 0.25) is 5.91 Å². The van der Waals surface area contributed by atoms with Crippen LogP contribution in [-0.2, 0) is 22.4 Å². The van der Waals surface area contributed by atoms with Crippen LogP contribution in [0.25, 0.3) is 0 Å². The van der Waals surface area contributed by atoms with E-state index in [9.17, 15) is 14.9 Å². The van der Waals surface area contributed by atoms with Gasteiger partial charge in [-0.1, -0.05) is 18.6 Å². The van der Waals surface area contributed by atoms with Crippen LogP contribution in [0, 0.1) is 11.3 Å². The van der Waals surface area contributed by atoms with Crippen LogP contribution in [0.5, 0.6) is 0 Å². The molecule has 174 valence electrons. The molecule has 0 saturated carbocycles. The Bertz CT molecular complexity index is 1050. The van der Waals surface area contributed by atoms with Crippen molar-refractivity contribution in [2.75, 3.05) is 23.8 Å². The van der Waals surface area contributed by atoms with Gasteiger partial charge < -0.3 is 20.7 Å². The van der Waals surface area contributed by atoms with Gasteiger partial charge in [0.25, 0.3) is 5.91 Å². The summed E-state index contributed by atoms with van der Waals surface area (Å²) in [4.78, 5) is 26.9. The summed E-state index contributed by atoms with van der Waals surface area (Å²) in [6, 6.07) is 8.86. The first-order valence-corrected chi connectivity index (χ1v) is 12.5. The number of rotatable bonds is 7. The number of anilines is 2. The third kappa shape index (κ3) is 5.55. The van der Waals surface area contributed by atoms with Gasteiger partial charge in [-0.05, 0) is 63.1 Å². The number of amides is 2. The van der Waals surface area contributed by atoms with E-state index in [1.807, 2.05) is 6.07 Å². The highest BCUT2D eigenvalue weighted by Crippen LogP contribution is 2.37. The normalized spacial score (nSPS) is 18.5. The molecular formula is C25H30N4O3S. The van der Waals surface area contributed by atoms with Crippen molar-refractivity contribution in [2.24, 2.45) is 0 Å². The first kappa shape index (κ1) is 23.3. The van der Waals surface area contributed by atoms with E-state index >= 15 is 0 Å². The van der Waals surface area contributed by atoms with Gasteiger partial charge in [-0.3, -0.25) is 9.59 Å². The second-order valence-corrected chi connectivity index (χ2v) is 9.73. The van der Waals surface area contributed by atoms with Crippen LogP contribution in [0.1, 0.15) is 65.4 Å². The van der Waals surface area contributed by atoms with Crippen molar-refractivity contribution in [3.8, 4) is 6.07 Å². The topological polar surface area (TPSA) is 103 Å². The molecule has 0 radical (unpaired) electrons. The van der Waals surface area contributed by atoms with Gasteiger partial charge in [-0.15, -0.1) is 11.3 Å². The molecule has 1 aliphatic carbocycles. The molecule has 3 N–H and O–H groups in total. The zero-order valence-corrected chi connectivity index (χ0v) is 19.7. The second-order valence-electron chi connectivity index (χ2n) is 8.63. The van der Waals surface area contributed by atoms with E-state index in [0.29, 0.717) is 28.4 Å². The van der Waals surface area contributed by atoms with Gasteiger partial charge in [-0.2, -0.15) is 5.26 Å². The van der Waals surface area contributed by atoms with Crippen molar-refractivity contribution in [1.29, 1.82) is 5.26 Å². The SMILES string of the molecule is C[C@H](Nc1ccccc1C(=O)NC[C@@H]1CCCO1)C(=O)Nc1sc2c(c1C#N)CCCCC2. The Hall–Kier alpha value is -2.89. The van der Waals surface area contributed by atoms with E-state index in [1.165, 1.54) is 22.6 Å². The Morgan fingerprint density at radius 1 is 1.21 bits per heavy atom. The van der Waals surface area contributed by atoms with Gasteiger partial charge in [-0.25, -0.2) is 0 Å². The second kappa shape index (κ2) is 10.8. The number of hydrogen-bond acceptors (Lipinski definition) is 6. The quantitative estimate of drug-likeness (QED) is 0.530.